The molecule has 1 unspecified atom stereocenters. The molecule has 2 aromatic rings. The third-order valence-electron chi connectivity index (χ3n) is 4.24. The van der Waals surface area contributed by atoms with Gasteiger partial charge < -0.3 is 15.1 Å². The van der Waals surface area contributed by atoms with Crippen molar-refractivity contribution in [3.63, 3.8) is 0 Å². The quantitative estimate of drug-likeness (QED) is 0.904. The van der Waals surface area contributed by atoms with Gasteiger partial charge in [-0.2, -0.15) is 5.10 Å². The Bertz CT molecular complexity index is 746. The lowest BCUT2D eigenvalue weighted by Gasteiger charge is -2.35. The Hall–Kier alpha value is -2.57. The van der Waals surface area contributed by atoms with Crippen LogP contribution in [0.2, 0.25) is 0 Å². The summed E-state index contributed by atoms with van der Waals surface area (Å²) in [6.45, 7) is 4.28. The number of piperidine rings is 1. The van der Waals surface area contributed by atoms with Crippen LogP contribution in [0.4, 0.5) is 0 Å². The Morgan fingerprint density at radius 1 is 1.35 bits per heavy atom. The molecular formula is C16H20N4O3. The summed E-state index contributed by atoms with van der Waals surface area (Å²) in [4.78, 5) is 25.9. The summed E-state index contributed by atoms with van der Waals surface area (Å²) < 4.78 is 5.47. The molecule has 1 atom stereocenters. The Morgan fingerprint density at radius 2 is 2.13 bits per heavy atom. The van der Waals surface area contributed by atoms with Crippen molar-refractivity contribution in [2.45, 2.75) is 39.2 Å². The molecule has 1 aliphatic rings. The lowest BCUT2D eigenvalue weighted by molar-refractivity contribution is 0.0604. The van der Waals surface area contributed by atoms with Gasteiger partial charge in [-0.1, -0.05) is 0 Å². The summed E-state index contributed by atoms with van der Waals surface area (Å²) in [5.41, 5.74) is 6.77. The van der Waals surface area contributed by atoms with Crippen molar-refractivity contribution in [3.8, 4) is 0 Å². The molecular weight excluding hydrogens is 296 g/mol. The van der Waals surface area contributed by atoms with Gasteiger partial charge >= 0.3 is 0 Å². The number of nitrogens with two attached hydrogens (primary N) is 1. The van der Waals surface area contributed by atoms with E-state index in [2.05, 4.69) is 10.2 Å². The largest absolute Gasteiger partial charge is 0.466 e. The maximum Gasteiger partial charge on any atom is 0.269 e. The zero-order chi connectivity index (χ0) is 16.6. The van der Waals surface area contributed by atoms with E-state index in [0.717, 1.165) is 30.7 Å². The first-order chi connectivity index (χ1) is 11.0. The Morgan fingerprint density at radius 3 is 2.74 bits per heavy atom. The van der Waals surface area contributed by atoms with Gasteiger partial charge in [0.25, 0.3) is 11.8 Å². The van der Waals surface area contributed by atoms with E-state index >= 15 is 0 Å². The number of aromatic amines is 1. The Labute approximate surface area is 133 Å². The van der Waals surface area contributed by atoms with Crippen molar-refractivity contribution in [1.82, 2.24) is 15.1 Å². The first kappa shape index (κ1) is 15.3. The molecule has 3 rings (SSSR count). The lowest BCUT2D eigenvalue weighted by Crippen LogP contribution is -2.38. The van der Waals surface area contributed by atoms with Crippen molar-refractivity contribution in [2.75, 3.05) is 6.54 Å². The van der Waals surface area contributed by atoms with Gasteiger partial charge in [-0.3, -0.25) is 14.7 Å². The maximum absolute atomic E-state index is 12.9. The van der Waals surface area contributed by atoms with E-state index < -0.39 is 5.91 Å². The number of aromatic nitrogens is 2. The monoisotopic (exact) mass is 316 g/mol. The highest BCUT2D eigenvalue weighted by molar-refractivity contribution is 5.95. The van der Waals surface area contributed by atoms with Crippen molar-refractivity contribution in [3.05, 3.63) is 40.6 Å². The third-order valence-corrected chi connectivity index (χ3v) is 4.24. The lowest BCUT2D eigenvalue weighted by atomic mass is 9.98. The minimum atomic E-state index is -0.581. The van der Waals surface area contributed by atoms with Crippen molar-refractivity contribution >= 4 is 11.8 Å². The van der Waals surface area contributed by atoms with Crippen LogP contribution in [0.15, 0.2) is 16.5 Å². The summed E-state index contributed by atoms with van der Waals surface area (Å²) in [6, 6.07) is 3.27. The van der Waals surface area contributed by atoms with Crippen LogP contribution in [0, 0.1) is 13.8 Å². The second-order valence-electron chi connectivity index (χ2n) is 5.91. The van der Waals surface area contributed by atoms with Crippen molar-refractivity contribution < 1.29 is 14.0 Å². The average Bonchev–Trinajstić information content (AvgIpc) is 3.13. The van der Waals surface area contributed by atoms with E-state index in [0.29, 0.717) is 17.9 Å². The predicted molar refractivity (Wildman–Crippen MR) is 82.9 cm³/mol. The molecule has 3 heterocycles. The number of hydrogen-bond acceptors (Lipinski definition) is 4. The number of H-pyrrole nitrogens is 1. The van der Waals surface area contributed by atoms with E-state index in [1.807, 2.05) is 11.8 Å². The van der Waals surface area contributed by atoms with Crippen LogP contribution in [0.25, 0.3) is 0 Å². The Balaban J connectivity index is 1.90. The SMILES string of the molecule is Cc1cc(C(=O)N2CCCCC2c2cc(C(N)=O)n[nH]2)c(C)o1. The normalized spacial score (nSPS) is 18.2. The molecule has 7 nitrogen and oxygen atoms in total. The van der Waals surface area contributed by atoms with Gasteiger partial charge in [-0.25, -0.2) is 0 Å². The number of amides is 2. The van der Waals surface area contributed by atoms with Crippen molar-refractivity contribution in [2.24, 2.45) is 5.73 Å². The molecule has 0 spiro atoms. The van der Waals surface area contributed by atoms with E-state index in [-0.39, 0.29) is 17.6 Å². The average molecular weight is 316 g/mol. The van der Waals surface area contributed by atoms with Crippen LogP contribution >= 0.6 is 0 Å². The van der Waals surface area contributed by atoms with Gasteiger partial charge in [0.05, 0.1) is 17.3 Å². The zero-order valence-corrected chi connectivity index (χ0v) is 13.3. The minimum Gasteiger partial charge on any atom is -0.466 e. The van der Waals surface area contributed by atoms with Crippen LogP contribution in [0.5, 0.6) is 0 Å². The van der Waals surface area contributed by atoms with Crippen LogP contribution < -0.4 is 5.73 Å². The fraction of sp³-hybridized carbons (Fsp3) is 0.438. The second kappa shape index (κ2) is 5.91. The summed E-state index contributed by atoms with van der Waals surface area (Å²) in [5, 5.41) is 6.77. The molecule has 0 saturated carbocycles. The summed E-state index contributed by atoms with van der Waals surface area (Å²) >= 11 is 0. The molecule has 1 saturated heterocycles. The molecule has 0 aliphatic carbocycles. The predicted octanol–water partition coefficient (Wildman–Crippen LogP) is 2.09. The van der Waals surface area contributed by atoms with Gasteiger partial charge in [0.15, 0.2) is 0 Å². The third kappa shape index (κ3) is 2.86. The molecule has 0 radical (unpaired) electrons. The molecule has 7 heteroatoms. The number of nitrogens with zero attached hydrogens (tertiary/aromatic N) is 2. The molecule has 3 N–H and O–H groups in total. The number of carbonyl (C=O) groups is 2. The minimum absolute atomic E-state index is 0.0562. The fourth-order valence-corrected chi connectivity index (χ4v) is 3.13. The van der Waals surface area contributed by atoms with Gasteiger partial charge in [0.2, 0.25) is 0 Å². The number of rotatable bonds is 3. The summed E-state index contributed by atoms with van der Waals surface area (Å²) in [7, 11) is 0. The van der Waals surface area contributed by atoms with Crippen LogP contribution in [0.1, 0.15) is 63.4 Å². The summed E-state index contributed by atoms with van der Waals surface area (Å²) in [6.07, 6.45) is 2.79. The number of carbonyl (C=O) groups excluding carboxylic acids is 2. The molecule has 2 amide bonds. The van der Waals surface area contributed by atoms with Crippen LogP contribution in [0.3, 0.4) is 0 Å². The fourth-order valence-electron chi connectivity index (χ4n) is 3.13. The van der Waals surface area contributed by atoms with Crippen LogP contribution in [-0.2, 0) is 0 Å². The number of hydrogen-bond donors (Lipinski definition) is 2. The van der Waals surface area contributed by atoms with Crippen LogP contribution in [-0.4, -0.2) is 33.5 Å². The van der Waals surface area contributed by atoms with E-state index in [4.69, 9.17) is 10.2 Å². The molecule has 23 heavy (non-hydrogen) atoms. The van der Waals surface area contributed by atoms with Gasteiger partial charge in [0, 0.05) is 6.54 Å². The molecule has 122 valence electrons. The number of nitrogens with one attached hydrogen (secondary N) is 1. The number of furan rings is 1. The Kier molecular flexibility index (Phi) is 3.94. The molecule has 1 fully saturated rings. The maximum atomic E-state index is 12.9. The van der Waals surface area contributed by atoms with E-state index in [1.165, 1.54) is 0 Å². The zero-order valence-electron chi connectivity index (χ0n) is 13.3. The highest BCUT2D eigenvalue weighted by atomic mass is 16.3. The first-order valence-corrected chi connectivity index (χ1v) is 7.70. The first-order valence-electron chi connectivity index (χ1n) is 7.70. The summed E-state index contributed by atoms with van der Waals surface area (Å²) in [5.74, 6) is 0.706. The highest BCUT2D eigenvalue weighted by Gasteiger charge is 2.31. The van der Waals surface area contributed by atoms with Gasteiger partial charge in [-0.05, 0) is 45.2 Å². The number of likely N-dealkylation sites (tertiary alicyclic amines) is 1. The highest BCUT2D eigenvalue weighted by Crippen LogP contribution is 2.32. The van der Waals surface area contributed by atoms with Gasteiger partial charge in [0.1, 0.15) is 17.2 Å². The van der Waals surface area contributed by atoms with Gasteiger partial charge in [-0.15, -0.1) is 0 Å². The van der Waals surface area contributed by atoms with E-state index in [1.54, 1.807) is 19.1 Å². The standard InChI is InChI=1S/C16H20N4O3/c1-9-7-11(10(2)23-9)16(22)20-6-4-3-5-14(20)12-8-13(15(17)21)19-18-12/h7-8,14H,3-6H2,1-2H3,(H2,17,21)(H,18,19). The molecule has 0 aromatic carbocycles. The second-order valence-corrected chi connectivity index (χ2v) is 5.91. The smallest absolute Gasteiger partial charge is 0.269 e. The molecule has 1 aliphatic heterocycles. The molecule has 0 bridgehead atoms. The number of primary amides is 1. The topological polar surface area (TPSA) is 105 Å². The van der Waals surface area contributed by atoms with E-state index in [9.17, 15) is 9.59 Å². The molecule has 2 aromatic heterocycles. The number of aryl methyl sites for hydroxylation is 2. The van der Waals surface area contributed by atoms with Crippen molar-refractivity contribution in [1.29, 1.82) is 0 Å².